The summed E-state index contributed by atoms with van der Waals surface area (Å²) in [6.07, 6.45) is 6.92. The van der Waals surface area contributed by atoms with E-state index in [1.807, 2.05) is 35.2 Å². The molecule has 5 heteroatoms. The van der Waals surface area contributed by atoms with E-state index in [0.29, 0.717) is 16.5 Å². The summed E-state index contributed by atoms with van der Waals surface area (Å²) in [4.78, 5) is 14.4. The van der Waals surface area contributed by atoms with Crippen LogP contribution in [0.15, 0.2) is 46.5 Å². The van der Waals surface area contributed by atoms with Gasteiger partial charge in [-0.25, -0.2) is 0 Å². The van der Waals surface area contributed by atoms with E-state index in [1.54, 1.807) is 6.08 Å². The standard InChI is InChI=1S/C17H16Cl3NO/c18-11-4-7-13(8-5-11)21-16(2-1-3-17(21)22)14-9-6-12(19)10-15(14)20/h4-8,10,14,16H,1-3,9H2/t14?,16-/m1/s1. The maximum absolute atomic E-state index is 12.5. The summed E-state index contributed by atoms with van der Waals surface area (Å²) in [5.41, 5.74) is 0.879. The third-order valence-corrected chi connectivity index (χ3v) is 5.16. The van der Waals surface area contributed by atoms with Crippen LogP contribution in [0, 0.1) is 5.92 Å². The van der Waals surface area contributed by atoms with Gasteiger partial charge in [0, 0.05) is 39.2 Å². The van der Waals surface area contributed by atoms with Crippen molar-refractivity contribution in [3.63, 3.8) is 0 Å². The highest BCUT2D eigenvalue weighted by atomic mass is 35.5. The second-order valence-electron chi connectivity index (χ2n) is 5.66. The van der Waals surface area contributed by atoms with E-state index in [-0.39, 0.29) is 17.9 Å². The minimum atomic E-state index is 0.0622. The van der Waals surface area contributed by atoms with Gasteiger partial charge in [0.2, 0.25) is 5.91 Å². The van der Waals surface area contributed by atoms with Gasteiger partial charge in [0.25, 0.3) is 0 Å². The predicted octanol–water partition coefficient (Wildman–Crippen LogP) is 5.49. The fourth-order valence-electron chi connectivity index (χ4n) is 3.21. The summed E-state index contributed by atoms with van der Waals surface area (Å²) < 4.78 is 0. The highest BCUT2D eigenvalue weighted by Gasteiger charge is 2.36. The SMILES string of the molecule is O=C1CCC[C@H](C2CC=C(Cl)C=C2Cl)N1c1ccc(Cl)cc1. The van der Waals surface area contributed by atoms with Crippen LogP contribution in [0.2, 0.25) is 5.02 Å². The Kier molecular flexibility index (Phi) is 4.82. The Bertz CT molecular complexity index is 636. The molecule has 1 unspecified atom stereocenters. The molecular weight excluding hydrogens is 341 g/mol. The molecule has 0 bridgehead atoms. The number of carbonyl (C=O) groups excluding carboxylic acids is 1. The topological polar surface area (TPSA) is 20.3 Å². The molecule has 1 heterocycles. The molecule has 2 nitrogen and oxygen atoms in total. The van der Waals surface area contributed by atoms with Gasteiger partial charge in [-0.1, -0.05) is 40.9 Å². The van der Waals surface area contributed by atoms with Gasteiger partial charge in [-0.2, -0.15) is 0 Å². The maximum Gasteiger partial charge on any atom is 0.227 e. The zero-order valence-electron chi connectivity index (χ0n) is 11.9. The minimum absolute atomic E-state index is 0.0622. The quantitative estimate of drug-likeness (QED) is 0.686. The fraction of sp³-hybridized carbons (Fsp3) is 0.353. The van der Waals surface area contributed by atoms with Crippen molar-refractivity contribution in [3.8, 4) is 0 Å². The zero-order chi connectivity index (χ0) is 15.7. The molecule has 3 rings (SSSR count). The van der Waals surface area contributed by atoms with Crippen LogP contribution in [-0.4, -0.2) is 11.9 Å². The van der Waals surface area contributed by atoms with Gasteiger partial charge in [-0.3, -0.25) is 4.79 Å². The average Bonchev–Trinajstić information content (AvgIpc) is 2.48. The highest BCUT2D eigenvalue weighted by molar-refractivity contribution is 6.35. The first-order chi connectivity index (χ1) is 10.6. The third kappa shape index (κ3) is 3.19. The Morgan fingerprint density at radius 3 is 2.50 bits per heavy atom. The van der Waals surface area contributed by atoms with Crippen molar-refractivity contribution in [3.05, 3.63) is 51.5 Å². The van der Waals surface area contributed by atoms with E-state index in [1.165, 1.54) is 0 Å². The van der Waals surface area contributed by atoms with Crippen LogP contribution in [0.4, 0.5) is 5.69 Å². The molecule has 1 aromatic carbocycles. The minimum Gasteiger partial charge on any atom is -0.309 e. The number of anilines is 1. The number of benzene rings is 1. The Morgan fingerprint density at radius 2 is 1.82 bits per heavy atom. The average molecular weight is 357 g/mol. The number of piperidine rings is 1. The number of carbonyl (C=O) groups is 1. The Morgan fingerprint density at radius 1 is 1.09 bits per heavy atom. The van der Waals surface area contributed by atoms with E-state index in [9.17, 15) is 4.79 Å². The van der Waals surface area contributed by atoms with Crippen LogP contribution in [0.25, 0.3) is 0 Å². The monoisotopic (exact) mass is 355 g/mol. The molecule has 0 spiro atoms. The molecule has 1 amide bonds. The van der Waals surface area contributed by atoms with Crippen LogP contribution in [0.3, 0.4) is 0 Å². The number of rotatable bonds is 2. The summed E-state index contributed by atoms with van der Waals surface area (Å²) in [6, 6.07) is 7.46. The van der Waals surface area contributed by atoms with Crippen molar-refractivity contribution in [1.29, 1.82) is 0 Å². The van der Waals surface area contributed by atoms with Gasteiger partial charge in [0.05, 0.1) is 0 Å². The first kappa shape index (κ1) is 15.9. The number of nitrogens with zero attached hydrogens (tertiary/aromatic N) is 1. The summed E-state index contributed by atoms with van der Waals surface area (Å²) in [5, 5.41) is 2.06. The Hall–Kier alpha value is -0.960. The lowest BCUT2D eigenvalue weighted by molar-refractivity contribution is -0.120. The molecular formula is C17H16Cl3NO. The van der Waals surface area contributed by atoms with E-state index in [2.05, 4.69) is 0 Å². The van der Waals surface area contributed by atoms with Crippen LogP contribution in [-0.2, 0) is 4.79 Å². The van der Waals surface area contributed by atoms with Crippen LogP contribution < -0.4 is 4.90 Å². The Labute approximate surface area is 145 Å². The smallest absolute Gasteiger partial charge is 0.227 e. The van der Waals surface area contributed by atoms with Crippen molar-refractivity contribution in [2.24, 2.45) is 5.92 Å². The summed E-state index contributed by atoms with van der Waals surface area (Å²) in [6.45, 7) is 0. The number of halogens is 3. The van der Waals surface area contributed by atoms with Crippen molar-refractivity contribution in [2.45, 2.75) is 31.7 Å². The molecule has 1 aromatic rings. The molecule has 0 aromatic heterocycles. The number of amides is 1. The lowest BCUT2D eigenvalue weighted by Crippen LogP contribution is -2.48. The van der Waals surface area contributed by atoms with Crippen molar-refractivity contribution < 1.29 is 4.79 Å². The molecule has 22 heavy (non-hydrogen) atoms. The molecule has 0 N–H and O–H groups in total. The number of hydrogen-bond acceptors (Lipinski definition) is 1. The second kappa shape index (κ2) is 6.66. The largest absolute Gasteiger partial charge is 0.309 e. The lowest BCUT2D eigenvalue weighted by atomic mass is 9.85. The molecule has 1 aliphatic carbocycles. The normalized spacial score (nSPS) is 25.8. The third-order valence-electron chi connectivity index (χ3n) is 4.26. The van der Waals surface area contributed by atoms with Gasteiger partial charge >= 0.3 is 0 Å². The van der Waals surface area contributed by atoms with E-state index in [4.69, 9.17) is 34.8 Å². The second-order valence-corrected chi connectivity index (χ2v) is 6.97. The Balaban J connectivity index is 1.92. The predicted molar refractivity (Wildman–Crippen MR) is 92.6 cm³/mol. The molecule has 1 saturated heterocycles. The molecule has 2 atom stereocenters. The number of hydrogen-bond donors (Lipinski definition) is 0. The van der Waals surface area contributed by atoms with Crippen LogP contribution >= 0.6 is 34.8 Å². The summed E-state index contributed by atoms with van der Waals surface area (Å²) >= 11 is 18.4. The zero-order valence-corrected chi connectivity index (χ0v) is 14.2. The first-order valence-electron chi connectivity index (χ1n) is 7.36. The first-order valence-corrected chi connectivity index (χ1v) is 8.50. The van der Waals surface area contributed by atoms with E-state index < -0.39 is 0 Å². The molecule has 1 fully saturated rings. The molecule has 1 aliphatic heterocycles. The van der Waals surface area contributed by atoms with E-state index in [0.717, 1.165) is 30.0 Å². The van der Waals surface area contributed by atoms with Gasteiger partial charge < -0.3 is 4.90 Å². The number of allylic oxidation sites excluding steroid dienone is 3. The van der Waals surface area contributed by atoms with E-state index >= 15 is 0 Å². The van der Waals surface area contributed by atoms with Crippen LogP contribution in [0.5, 0.6) is 0 Å². The molecule has 0 radical (unpaired) electrons. The van der Waals surface area contributed by atoms with Crippen molar-refractivity contribution in [1.82, 2.24) is 0 Å². The maximum atomic E-state index is 12.5. The van der Waals surface area contributed by atoms with Gasteiger partial charge in [0.15, 0.2) is 0 Å². The van der Waals surface area contributed by atoms with Gasteiger partial charge in [-0.15, -0.1) is 0 Å². The summed E-state index contributed by atoms with van der Waals surface area (Å²) in [5.74, 6) is 0.243. The fourth-order valence-corrected chi connectivity index (χ4v) is 3.95. The lowest BCUT2D eigenvalue weighted by Gasteiger charge is -2.40. The van der Waals surface area contributed by atoms with Crippen LogP contribution in [0.1, 0.15) is 25.7 Å². The van der Waals surface area contributed by atoms with Crippen molar-refractivity contribution >= 4 is 46.4 Å². The van der Waals surface area contributed by atoms with Crippen molar-refractivity contribution in [2.75, 3.05) is 4.90 Å². The van der Waals surface area contributed by atoms with Gasteiger partial charge in [0.1, 0.15) is 0 Å². The molecule has 116 valence electrons. The highest BCUT2D eigenvalue weighted by Crippen LogP contribution is 2.39. The summed E-state index contributed by atoms with van der Waals surface area (Å²) in [7, 11) is 0. The molecule has 0 saturated carbocycles. The molecule has 2 aliphatic rings. The van der Waals surface area contributed by atoms with Gasteiger partial charge in [-0.05, 0) is 49.6 Å².